The molecule has 1 aromatic rings. The Morgan fingerprint density at radius 2 is 1.63 bits per heavy atom. The van der Waals surface area contributed by atoms with E-state index in [4.69, 9.17) is 5.14 Å². The number of carbonyl (C=O) groups excluding carboxylic acids is 1. The van der Waals surface area contributed by atoms with Crippen LogP contribution in [-0.2, 0) is 20.6 Å². The SMILES string of the molecule is CC(=CC(=O)Nc1ccc(CS(N)(=O)=O)cc1)C12CC3CC(CC(C3)C1)C2. The van der Waals surface area contributed by atoms with E-state index in [1.54, 1.807) is 30.3 Å². The number of rotatable bonds is 5. The summed E-state index contributed by atoms with van der Waals surface area (Å²) in [7, 11) is -3.55. The summed E-state index contributed by atoms with van der Waals surface area (Å²) in [6.45, 7) is 2.13. The minimum absolute atomic E-state index is 0.109. The van der Waals surface area contributed by atoms with Crippen LogP contribution in [0.1, 0.15) is 51.0 Å². The van der Waals surface area contributed by atoms with E-state index in [2.05, 4.69) is 12.2 Å². The monoisotopic (exact) mass is 388 g/mol. The second-order valence-corrected chi connectivity index (χ2v) is 10.6. The van der Waals surface area contributed by atoms with Crippen LogP contribution >= 0.6 is 0 Å². The Balaban J connectivity index is 1.43. The van der Waals surface area contributed by atoms with Gasteiger partial charge in [0.1, 0.15) is 0 Å². The zero-order chi connectivity index (χ0) is 19.2. The highest BCUT2D eigenvalue weighted by Crippen LogP contribution is 2.62. The van der Waals surface area contributed by atoms with Gasteiger partial charge in [0.05, 0.1) is 5.75 Å². The van der Waals surface area contributed by atoms with Gasteiger partial charge >= 0.3 is 0 Å². The van der Waals surface area contributed by atoms with Crippen LogP contribution in [0, 0.1) is 23.2 Å². The molecule has 0 aliphatic heterocycles. The first-order chi connectivity index (χ1) is 12.7. The van der Waals surface area contributed by atoms with Crippen molar-refractivity contribution in [1.29, 1.82) is 0 Å². The Bertz CT molecular complexity index is 836. The van der Waals surface area contributed by atoms with Gasteiger partial charge in [-0.1, -0.05) is 17.7 Å². The third-order valence-corrected chi connectivity index (χ3v) is 7.55. The van der Waals surface area contributed by atoms with Gasteiger partial charge in [0.15, 0.2) is 0 Å². The number of hydrogen-bond acceptors (Lipinski definition) is 3. The number of nitrogens with two attached hydrogens (primary N) is 1. The van der Waals surface area contributed by atoms with Crippen molar-refractivity contribution in [3.63, 3.8) is 0 Å². The third-order valence-electron chi connectivity index (χ3n) is 6.81. The lowest BCUT2D eigenvalue weighted by Gasteiger charge is -2.57. The van der Waals surface area contributed by atoms with E-state index in [1.165, 1.54) is 44.1 Å². The number of sulfonamides is 1. The molecular weight excluding hydrogens is 360 g/mol. The number of allylic oxidation sites excluding steroid dienone is 1. The fourth-order valence-electron chi connectivity index (χ4n) is 6.04. The Morgan fingerprint density at radius 3 is 2.11 bits per heavy atom. The number of amides is 1. The van der Waals surface area contributed by atoms with Crippen LogP contribution in [0.3, 0.4) is 0 Å². The van der Waals surface area contributed by atoms with Gasteiger partial charge in [-0.2, -0.15) is 0 Å². The van der Waals surface area contributed by atoms with E-state index >= 15 is 0 Å². The average Bonchev–Trinajstić information content (AvgIpc) is 2.54. The van der Waals surface area contributed by atoms with Crippen molar-refractivity contribution in [2.45, 2.75) is 51.2 Å². The Labute approximate surface area is 161 Å². The summed E-state index contributed by atoms with van der Waals surface area (Å²) >= 11 is 0. The van der Waals surface area contributed by atoms with Crippen molar-refractivity contribution in [1.82, 2.24) is 0 Å². The molecule has 4 saturated carbocycles. The molecular formula is C21H28N2O3S. The maximum atomic E-state index is 12.5. The average molecular weight is 389 g/mol. The molecule has 0 radical (unpaired) electrons. The molecule has 5 nitrogen and oxygen atoms in total. The Hall–Kier alpha value is -1.66. The normalized spacial score (nSPS) is 32.5. The molecule has 4 aliphatic rings. The molecule has 0 saturated heterocycles. The molecule has 6 heteroatoms. The summed E-state index contributed by atoms with van der Waals surface area (Å²) in [6, 6.07) is 6.78. The highest BCUT2D eigenvalue weighted by molar-refractivity contribution is 7.88. The number of carbonyl (C=O) groups is 1. The lowest BCUT2D eigenvalue weighted by Crippen LogP contribution is -2.46. The summed E-state index contributed by atoms with van der Waals surface area (Å²) in [5.74, 6) is 2.26. The highest BCUT2D eigenvalue weighted by atomic mass is 32.2. The van der Waals surface area contributed by atoms with E-state index in [1.807, 2.05) is 0 Å². The van der Waals surface area contributed by atoms with Gasteiger partial charge in [-0.3, -0.25) is 4.79 Å². The van der Waals surface area contributed by atoms with Crippen LogP contribution in [0.4, 0.5) is 5.69 Å². The molecule has 3 N–H and O–H groups in total. The number of nitrogens with one attached hydrogen (secondary N) is 1. The summed E-state index contributed by atoms with van der Waals surface area (Å²) in [4.78, 5) is 12.5. The zero-order valence-corrected chi connectivity index (χ0v) is 16.6. The van der Waals surface area contributed by atoms with Gasteiger partial charge in [0.2, 0.25) is 15.9 Å². The molecule has 0 aromatic heterocycles. The van der Waals surface area contributed by atoms with E-state index in [9.17, 15) is 13.2 Å². The van der Waals surface area contributed by atoms with Crippen LogP contribution in [0.2, 0.25) is 0 Å². The summed E-state index contributed by atoms with van der Waals surface area (Å²) in [6.07, 6.45) is 9.70. The van der Waals surface area contributed by atoms with Gasteiger partial charge in [-0.05, 0) is 86.3 Å². The largest absolute Gasteiger partial charge is 0.323 e. The second-order valence-electron chi connectivity index (χ2n) is 9.02. The summed E-state index contributed by atoms with van der Waals surface area (Å²) in [5, 5.41) is 7.96. The van der Waals surface area contributed by atoms with Gasteiger partial charge in [-0.25, -0.2) is 13.6 Å². The van der Waals surface area contributed by atoms with Crippen molar-refractivity contribution in [2.24, 2.45) is 28.3 Å². The van der Waals surface area contributed by atoms with Gasteiger partial charge in [0, 0.05) is 11.8 Å². The molecule has 1 amide bonds. The fraction of sp³-hybridized carbons (Fsp3) is 0.571. The van der Waals surface area contributed by atoms with Crippen molar-refractivity contribution in [3.8, 4) is 0 Å². The number of benzene rings is 1. The lowest BCUT2D eigenvalue weighted by atomic mass is 9.48. The van der Waals surface area contributed by atoms with Crippen LogP contribution in [0.5, 0.6) is 0 Å². The summed E-state index contributed by atoms with van der Waals surface area (Å²) in [5.41, 5.74) is 2.74. The van der Waals surface area contributed by atoms with Crippen LogP contribution in [-0.4, -0.2) is 14.3 Å². The molecule has 4 bridgehead atoms. The molecule has 27 heavy (non-hydrogen) atoms. The molecule has 0 heterocycles. The molecule has 0 spiro atoms. The van der Waals surface area contributed by atoms with Crippen LogP contribution in [0.15, 0.2) is 35.9 Å². The number of primary sulfonamides is 1. The van der Waals surface area contributed by atoms with Crippen molar-refractivity contribution in [2.75, 3.05) is 5.32 Å². The Morgan fingerprint density at radius 1 is 1.11 bits per heavy atom. The van der Waals surface area contributed by atoms with E-state index in [0.717, 1.165) is 17.8 Å². The lowest BCUT2D eigenvalue weighted by molar-refractivity contribution is -0.112. The van der Waals surface area contributed by atoms with E-state index in [0.29, 0.717) is 11.3 Å². The van der Waals surface area contributed by atoms with Crippen molar-refractivity contribution in [3.05, 3.63) is 41.5 Å². The maximum absolute atomic E-state index is 12.5. The first kappa shape index (κ1) is 18.7. The van der Waals surface area contributed by atoms with Gasteiger partial charge in [0.25, 0.3) is 0 Å². The minimum atomic E-state index is -3.55. The molecule has 0 atom stereocenters. The molecule has 4 aliphatic carbocycles. The first-order valence-corrected chi connectivity index (χ1v) is 11.5. The van der Waals surface area contributed by atoms with Crippen molar-refractivity contribution < 1.29 is 13.2 Å². The maximum Gasteiger partial charge on any atom is 0.248 e. The zero-order valence-electron chi connectivity index (χ0n) is 15.8. The van der Waals surface area contributed by atoms with Crippen LogP contribution < -0.4 is 10.5 Å². The molecule has 4 fully saturated rings. The van der Waals surface area contributed by atoms with E-state index in [-0.39, 0.29) is 17.1 Å². The minimum Gasteiger partial charge on any atom is -0.323 e. The smallest absolute Gasteiger partial charge is 0.248 e. The topological polar surface area (TPSA) is 89.3 Å². The molecule has 1 aromatic carbocycles. The predicted molar refractivity (Wildman–Crippen MR) is 106 cm³/mol. The Kier molecular flexibility index (Phi) is 4.67. The quantitative estimate of drug-likeness (QED) is 0.756. The number of hydrogen-bond donors (Lipinski definition) is 2. The fourth-order valence-corrected chi connectivity index (χ4v) is 6.70. The third kappa shape index (κ3) is 4.11. The van der Waals surface area contributed by atoms with E-state index < -0.39 is 10.0 Å². The van der Waals surface area contributed by atoms with Crippen molar-refractivity contribution >= 4 is 21.6 Å². The highest BCUT2D eigenvalue weighted by Gasteiger charge is 2.51. The second kappa shape index (κ2) is 6.74. The first-order valence-electron chi connectivity index (χ1n) is 9.80. The number of anilines is 1. The summed E-state index contributed by atoms with van der Waals surface area (Å²) < 4.78 is 22.3. The predicted octanol–water partition coefficient (Wildman–Crippen LogP) is 3.58. The molecule has 5 rings (SSSR count). The van der Waals surface area contributed by atoms with Crippen LogP contribution in [0.25, 0.3) is 0 Å². The molecule has 146 valence electrons. The van der Waals surface area contributed by atoms with Gasteiger partial charge < -0.3 is 5.32 Å². The standard InChI is InChI=1S/C21H28N2O3S/c1-14(21-10-16-7-17(11-21)9-18(8-16)12-21)6-20(24)23-19-4-2-15(3-5-19)13-27(22,25)26/h2-6,16-18H,7-13H2,1H3,(H,23,24)(H2,22,25,26). The van der Waals surface area contributed by atoms with Gasteiger partial charge in [-0.15, -0.1) is 0 Å². The molecule has 0 unspecified atom stereocenters.